The maximum Gasteiger partial charge on any atom is 0.250 e. The zero-order valence-corrected chi connectivity index (χ0v) is 17.0. The Kier molecular flexibility index (Phi) is 5.38. The summed E-state index contributed by atoms with van der Waals surface area (Å²) >= 11 is 1.26. The third kappa shape index (κ3) is 3.91. The maximum atomic E-state index is 12.7. The number of nitriles is 1. The van der Waals surface area contributed by atoms with Crippen molar-refractivity contribution in [3.8, 4) is 6.07 Å². The molecule has 28 heavy (non-hydrogen) atoms. The van der Waals surface area contributed by atoms with Crippen molar-refractivity contribution in [2.75, 3.05) is 26.2 Å². The van der Waals surface area contributed by atoms with E-state index in [9.17, 15) is 13.2 Å². The molecular formula is C19H22N4O3S2. The Morgan fingerprint density at radius 2 is 2.11 bits per heavy atom. The van der Waals surface area contributed by atoms with Gasteiger partial charge in [0, 0.05) is 30.4 Å². The fraction of sp³-hybridized carbons (Fsp3) is 0.474. The minimum absolute atomic E-state index is 0.0444. The van der Waals surface area contributed by atoms with Crippen molar-refractivity contribution in [1.82, 2.24) is 14.5 Å². The molecule has 1 aromatic carbocycles. The summed E-state index contributed by atoms with van der Waals surface area (Å²) in [6.45, 7) is 2.03. The van der Waals surface area contributed by atoms with Gasteiger partial charge in [0.15, 0.2) is 0 Å². The summed E-state index contributed by atoms with van der Waals surface area (Å²) in [5, 5.41) is 10.1. The summed E-state index contributed by atoms with van der Waals surface area (Å²) in [4.78, 5) is 16.1. The van der Waals surface area contributed by atoms with Crippen LogP contribution in [0.15, 0.2) is 34.5 Å². The molecule has 0 spiro atoms. The van der Waals surface area contributed by atoms with E-state index in [1.165, 1.54) is 11.3 Å². The third-order valence-corrected chi connectivity index (χ3v) is 8.45. The third-order valence-electron chi connectivity index (χ3n) is 5.34. The minimum atomic E-state index is -3.58. The molecular weight excluding hydrogens is 396 g/mol. The Balaban J connectivity index is 1.36. The Bertz CT molecular complexity index is 994. The van der Waals surface area contributed by atoms with Crippen molar-refractivity contribution in [1.29, 1.82) is 5.26 Å². The second-order valence-corrected chi connectivity index (χ2v) is 10.3. The number of nitrogens with zero attached hydrogens (tertiary/aromatic N) is 3. The summed E-state index contributed by atoms with van der Waals surface area (Å²) in [5.41, 5.74) is 0. The molecule has 2 atom stereocenters. The van der Waals surface area contributed by atoms with E-state index >= 15 is 0 Å². The number of carbonyl (C=O) groups excluding carboxylic acids is 1. The van der Waals surface area contributed by atoms with E-state index < -0.39 is 10.0 Å². The fourth-order valence-electron chi connectivity index (χ4n) is 3.92. The van der Waals surface area contributed by atoms with Gasteiger partial charge >= 0.3 is 0 Å². The number of benzene rings is 1. The van der Waals surface area contributed by atoms with Crippen molar-refractivity contribution in [3.63, 3.8) is 0 Å². The van der Waals surface area contributed by atoms with Crippen LogP contribution in [0.1, 0.15) is 19.3 Å². The lowest BCUT2D eigenvalue weighted by molar-refractivity contribution is -0.132. The van der Waals surface area contributed by atoms with Gasteiger partial charge < -0.3 is 4.90 Å². The second kappa shape index (κ2) is 7.79. The molecule has 9 heteroatoms. The van der Waals surface area contributed by atoms with Crippen LogP contribution in [0, 0.1) is 11.3 Å². The SMILES string of the molecule is N#CC1CCCN1C(=O)CN1CCC(NS(=O)(=O)c2cc3ccccc3s2)C1. The van der Waals surface area contributed by atoms with Crippen LogP contribution in [0.2, 0.25) is 0 Å². The highest BCUT2D eigenvalue weighted by molar-refractivity contribution is 7.91. The van der Waals surface area contributed by atoms with Crippen molar-refractivity contribution in [3.05, 3.63) is 30.3 Å². The van der Waals surface area contributed by atoms with E-state index in [-0.39, 0.29) is 24.5 Å². The van der Waals surface area contributed by atoms with Crippen LogP contribution in [0.3, 0.4) is 0 Å². The topological polar surface area (TPSA) is 93.5 Å². The van der Waals surface area contributed by atoms with Gasteiger partial charge in [-0.1, -0.05) is 18.2 Å². The summed E-state index contributed by atoms with van der Waals surface area (Å²) < 4.78 is 29.5. The number of sulfonamides is 1. The van der Waals surface area contributed by atoms with Crippen LogP contribution in [0.5, 0.6) is 0 Å². The Morgan fingerprint density at radius 3 is 2.89 bits per heavy atom. The second-order valence-electron chi connectivity index (χ2n) is 7.32. The molecule has 2 saturated heterocycles. The number of hydrogen-bond acceptors (Lipinski definition) is 6. The predicted molar refractivity (Wildman–Crippen MR) is 107 cm³/mol. The number of carbonyl (C=O) groups is 1. The number of likely N-dealkylation sites (tertiary alicyclic amines) is 2. The van der Waals surface area contributed by atoms with Gasteiger partial charge in [-0.15, -0.1) is 11.3 Å². The van der Waals surface area contributed by atoms with E-state index in [4.69, 9.17) is 5.26 Å². The molecule has 1 amide bonds. The average Bonchev–Trinajstić information content (AvgIpc) is 3.40. The fourth-order valence-corrected chi connectivity index (χ4v) is 6.60. The number of nitrogens with one attached hydrogen (secondary N) is 1. The molecule has 0 radical (unpaired) electrons. The number of fused-ring (bicyclic) bond motifs is 1. The van der Waals surface area contributed by atoms with E-state index in [1.54, 1.807) is 11.0 Å². The normalized spacial score (nSPS) is 23.3. The quantitative estimate of drug-likeness (QED) is 0.799. The number of amides is 1. The van der Waals surface area contributed by atoms with Gasteiger partial charge in [0.2, 0.25) is 15.9 Å². The Labute approximate surface area is 168 Å². The van der Waals surface area contributed by atoms with Crippen molar-refractivity contribution in [2.45, 2.75) is 35.6 Å². The first-order valence-corrected chi connectivity index (χ1v) is 11.7. The molecule has 148 valence electrons. The highest BCUT2D eigenvalue weighted by atomic mass is 32.2. The highest BCUT2D eigenvalue weighted by Crippen LogP contribution is 2.29. The average molecular weight is 419 g/mol. The van der Waals surface area contributed by atoms with Crippen LogP contribution in [0.25, 0.3) is 10.1 Å². The lowest BCUT2D eigenvalue weighted by atomic mass is 10.2. The van der Waals surface area contributed by atoms with Crippen molar-refractivity contribution >= 4 is 37.4 Å². The van der Waals surface area contributed by atoms with Crippen LogP contribution in [-0.4, -0.2) is 62.4 Å². The molecule has 2 fully saturated rings. The van der Waals surface area contributed by atoms with E-state index in [0.29, 0.717) is 30.3 Å². The van der Waals surface area contributed by atoms with Crippen molar-refractivity contribution < 1.29 is 13.2 Å². The van der Waals surface area contributed by atoms with Gasteiger partial charge in [0.05, 0.1) is 12.6 Å². The molecule has 2 aliphatic rings. The zero-order valence-electron chi connectivity index (χ0n) is 15.4. The van der Waals surface area contributed by atoms with E-state index in [2.05, 4.69) is 10.8 Å². The molecule has 0 bridgehead atoms. The van der Waals surface area contributed by atoms with Gasteiger partial charge in [-0.05, 0) is 36.8 Å². The van der Waals surface area contributed by atoms with E-state index in [0.717, 1.165) is 22.9 Å². The Morgan fingerprint density at radius 1 is 1.29 bits per heavy atom. The minimum Gasteiger partial charge on any atom is -0.326 e. The first-order valence-electron chi connectivity index (χ1n) is 9.38. The first kappa shape index (κ1) is 19.3. The molecule has 1 aromatic heterocycles. The number of thiophene rings is 1. The van der Waals surface area contributed by atoms with Gasteiger partial charge in [-0.2, -0.15) is 5.26 Å². The van der Waals surface area contributed by atoms with Gasteiger partial charge in [-0.25, -0.2) is 13.1 Å². The lowest BCUT2D eigenvalue weighted by Gasteiger charge is -2.23. The summed E-state index contributed by atoms with van der Waals surface area (Å²) in [5.74, 6) is -0.0444. The maximum absolute atomic E-state index is 12.7. The van der Waals surface area contributed by atoms with Gasteiger partial charge in [-0.3, -0.25) is 9.69 Å². The molecule has 0 aliphatic carbocycles. The van der Waals surface area contributed by atoms with Crippen molar-refractivity contribution in [2.24, 2.45) is 0 Å². The summed E-state index contributed by atoms with van der Waals surface area (Å²) in [6, 6.07) is 11.0. The smallest absolute Gasteiger partial charge is 0.250 e. The Hall–Kier alpha value is -1.99. The van der Waals surface area contributed by atoms with E-state index in [1.807, 2.05) is 29.2 Å². The lowest BCUT2D eigenvalue weighted by Crippen LogP contribution is -2.43. The molecule has 2 aromatic rings. The van der Waals surface area contributed by atoms with Crippen LogP contribution in [0.4, 0.5) is 0 Å². The van der Waals surface area contributed by atoms with Crippen LogP contribution >= 0.6 is 11.3 Å². The predicted octanol–water partition coefficient (Wildman–Crippen LogP) is 1.77. The highest BCUT2D eigenvalue weighted by Gasteiger charge is 2.33. The van der Waals surface area contributed by atoms with Gasteiger partial charge in [0.1, 0.15) is 10.3 Å². The zero-order chi connectivity index (χ0) is 19.7. The number of rotatable bonds is 5. The molecule has 2 unspecified atom stereocenters. The van der Waals surface area contributed by atoms with Gasteiger partial charge in [0.25, 0.3) is 0 Å². The largest absolute Gasteiger partial charge is 0.326 e. The summed E-state index contributed by atoms with van der Waals surface area (Å²) in [7, 11) is -3.58. The first-order chi connectivity index (χ1) is 13.5. The molecule has 7 nitrogen and oxygen atoms in total. The molecule has 2 aliphatic heterocycles. The number of hydrogen-bond donors (Lipinski definition) is 1. The van der Waals surface area contributed by atoms with Crippen LogP contribution in [-0.2, 0) is 14.8 Å². The monoisotopic (exact) mass is 418 g/mol. The molecule has 0 saturated carbocycles. The standard InChI is InChI=1S/C19H22N4O3S2/c20-11-16-5-3-8-23(16)18(24)13-22-9-7-15(12-22)21-28(25,26)19-10-14-4-1-2-6-17(14)27-19/h1-2,4,6,10,15-16,21H,3,5,7-9,12-13H2. The molecule has 4 rings (SSSR count). The summed E-state index contributed by atoms with van der Waals surface area (Å²) in [6.07, 6.45) is 2.26. The van der Waals surface area contributed by atoms with Crippen LogP contribution < -0.4 is 4.72 Å². The molecule has 1 N–H and O–H groups in total. The molecule has 3 heterocycles.